The molecule has 1 aliphatic rings. The van der Waals surface area contributed by atoms with E-state index in [4.69, 9.17) is 0 Å². The van der Waals surface area contributed by atoms with Crippen LogP contribution in [0.1, 0.15) is 20.3 Å². The number of nitrogens with one attached hydrogen (secondary N) is 1. The number of fused-ring (bicyclic) bond motifs is 1. The van der Waals surface area contributed by atoms with E-state index in [1.165, 1.54) is 11.4 Å². The predicted molar refractivity (Wildman–Crippen MR) is 84.2 cm³/mol. The number of hydrogen-bond donors (Lipinski definition) is 1. The first-order chi connectivity index (χ1) is 9.59. The zero-order chi connectivity index (χ0) is 14.6. The summed E-state index contributed by atoms with van der Waals surface area (Å²) in [4.78, 5) is 4.68. The Labute approximate surface area is 122 Å². The molecule has 4 nitrogen and oxygen atoms in total. The van der Waals surface area contributed by atoms with Gasteiger partial charge in [0.05, 0.1) is 17.4 Å². The molecule has 108 valence electrons. The van der Waals surface area contributed by atoms with E-state index in [0.717, 1.165) is 32.6 Å². The highest BCUT2D eigenvalue weighted by Gasteiger charge is 2.25. The van der Waals surface area contributed by atoms with Gasteiger partial charge >= 0.3 is 0 Å². The summed E-state index contributed by atoms with van der Waals surface area (Å²) in [6.45, 7) is 7.80. The van der Waals surface area contributed by atoms with Crippen molar-refractivity contribution in [3.63, 3.8) is 0 Å². The third-order valence-corrected chi connectivity index (χ3v) is 4.03. The standard InChI is InChI=1S/C16H24N4/c1-4-18-16(2,13-17)9-10-20-12-11-19(3)14-7-5-6-8-15(14)20/h5-8,18H,4,9-12H2,1-3H3. The highest BCUT2D eigenvalue weighted by Crippen LogP contribution is 2.32. The van der Waals surface area contributed by atoms with Crippen LogP contribution in [-0.2, 0) is 0 Å². The van der Waals surface area contributed by atoms with Gasteiger partial charge < -0.3 is 9.80 Å². The van der Waals surface area contributed by atoms with Crippen LogP contribution in [0, 0.1) is 11.3 Å². The molecule has 0 fully saturated rings. The Kier molecular flexibility index (Phi) is 4.51. The average Bonchev–Trinajstić information content (AvgIpc) is 2.47. The Hall–Kier alpha value is -1.73. The molecule has 1 aromatic rings. The fraction of sp³-hybridized carbons (Fsp3) is 0.562. The molecule has 1 atom stereocenters. The molecule has 0 saturated heterocycles. The molecule has 20 heavy (non-hydrogen) atoms. The molecule has 1 aliphatic heterocycles. The quantitative estimate of drug-likeness (QED) is 0.892. The summed E-state index contributed by atoms with van der Waals surface area (Å²) in [6.07, 6.45) is 0.829. The third kappa shape index (κ3) is 3.05. The first-order valence-corrected chi connectivity index (χ1v) is 7.31. The van der Waals surface area contributed by atoms with Crippen molar-refractivity contribution in [2.24, 2.45) is 0 Å². The minimum absolute atomic E-state index is 0.437. The predicted octanol–water partition coefficient (Wildman–Crippen LogP) is 2.22. The van der Waals surface area contributed by atoms with Crippen LogP contribution in [0.25, 0.3) is 0 Å². The molecule has 0 bridgehead atoms. The lowest BCUT2D eigenvalue weighted by Gasteiger charge is -2.38. The summed E-state index contributed by atoms with van der Waals surface area (Å²) in [5.74, 6) is 0. The van der Waals surface area contributed by atoms with Gasteiger partial charge in [-0.1, -0.05) is 19.1 Å². The maximum Gasteiger partial charge on any atom is 0.105 e. The Morgan fingerprint density at radius 2 is 2.00 bits per heavy atom. The minimum atomic E-state index is -0.437. The zero-order valence-corrected chi connectivity index (χ0v) is 12.7. The first kappa shape index (κ1) is 14.7. The van der Waals surface area contributed by atoms with Gasteiger partial charge in [-0.05, 0) is 32.0 Å². The van der Waals surface area contributed by atoms with Gasteiger partial charge in [-0.2, -0.15) is 5.26 Å². The summed E-state index contributed by atoms with van der Waals surface area (Å²) in [6, 6.07) is 10.9. The number of benzene rings is 1. The van der Waals surface area contributed by atoms with Crippen LogP contribution < -0.4 is 15.1 Å². The number of nitrogens with zero attached hydrogens (tertiary/aromatic N) is 3. The lowest BCUT2D eigenvalue weighted by Crippen LogP contribution is -2.46. The molecule has 4 heteroatoms. The summed E-state index contributed by atoms with van der Waals surface area (Å²) < 4.78 is 0. The van der Waals surface area contributed by atoms with Crippen molar-refractivity contribution in [3.8, 4) is 6.07 Å². The van der Waals surface area contributed by atoms with E-state index in [2.05, 4.69) is 52.5 Å². The molecule has 1 aromatic carbocycles. The van der Waals surface area contributed by atoms with E-state index in [1.807, 2.05) is 13.8 Å². The summed E-state index contributed by atoms with van der Waals surface area (Å²) in [5.41, 5.74) is 2.12. The Balaban J connectivity index is 2.08. The summed E-state index contributed by atoms with van der Waals surface area (Å²) in [7, 11) is 2.13. The largest absolute Gasteiger partial charge is 0.371 e. The Morgan fingerprint density at radius 1 is 1.30 bits per heavy atom. The van der Waals surface area contributed by atoms with Gasteiger partial charge in [-0.3, -0.25) is 5.32 Å². The highest BCUT2D eigenvalue weighted by atomic mass is 15.2. The molecular formula is C16H24N4. The number of hydrogen-bond acceptors (Lipinski definition) is 4. The molecule has 1 unspecified atom stereocenters. The molecule has 0 aliphatic carbocycles. The Bertz CT molecular complexity index is 493. The second-order valence-electron chi connectivity index (χ2n) is 5.62. The smallest absolute Gasteiger partial charge is 0.105 e. The fourth-order valence-electron chi connectivity index (χ4n) is 2.73. The maximum absolute atomic E-state index is 9.34. The van der Waals surface area contributed by atoms with Gasteiger partial charge in [-0.15, -0.1) is 0 Å². The molecular weight excluding hydrogens is 248 g/mol. The molecule has 0 saturated carbocycles. The fourth-order valence-corrected chi connectivity index (χ4v) is 2.73. The molecule has 1 heterocycles. The van der Waals surface area contributed by atoms with Crippen LogP contribution in [0.5, 0.6) is 0 Å². The van der Waals surface area contributed by atoms with E-state index in [0.29, 0.717) is 0 Å². The maximum atomic E-state index is 9.34. The third-order valence-electron chi connectivity index (χ3n) is 4.03. The van der Waals surface area contributed by atoms with Gasteiger partial charge in [0, 0.05) is 26.7 Å². The minimum Gasteiger partial charge on any atom is -0.371 e. The van der Waals surface area contributed by atoms with Gasteiger partial charge in [0.1, 0.15) is 5.54 Å². The van der Waals surface area contributed by atoms with Gasteiger partial charge in [0.25, 0.3) is 0 Å². The van der Waals surface area contributed by atoms with Crippen molar-refractivity contribution in [3.05, 3.63) is 24.3 Å². The number of rotatable bonds is 5. The normalized spacial score (nSPS) is 17.3. The second kappa shape index (κ2) is 6.15. The van der Waals surface area contributed by atoms with Crippen LogP contribution in [0.2, 0.25) is 0 Å². The topological polar surface area (TPSA) is 42.3 Å². The monoisotopic (exact) mass is 272 g/mol. The SMILES string of the molecule is CCNC(C)(C#N)CCN1CCN(C)c2ccccc21. The van der Waals surface area contributed by atoms with Crippen LogP contribution in [-0.4, -0.2) is 38.8 Å². The lowest BCUT2D eigenvalue weighted by molar-refractivity contribution is 0.428. The highest BCUT2D eigenvalue weighted by molar-refractivity contribution is 5.73. The second-order valence-corrected chi connectivity index (χ2v) is 5.62. The van der Waals surface area contributed by atoms with E-state index >= 15 is 0 Å². The van der Waals surface area contributed by atoms with Gasteiger partial charge in [-0.25, -0.2) is 0 Å². The zero-order valence-electron chi connectivity index (χ0n) is 12.7. The number of para-hydroxylation sites is 2. The lowest BCUT2D eigenvalue weighted by atomic mass is 9.99. The molecule has 0 spiro atoms. The van der Waals surface area contributed by atoms with Crippen LogP contribution in [0.15, 0.2) is 24.3 Å². The van der Waals surface area contributed by atoms with Crippen molar-refractivity contribution in [1.82, 2.24) is 5.32 Å². The number of nitriles is 1. The van der Waals surface area contributed by atoms with Crippen molar-refractivity contribution < 1.29 is 0 Å². The number of anilines is 2. The molecule has 0 amide bonds. The van der Waals surface area contributed by atoms with Gasteiger partial charge in [0.2, 0.25) is 0 Å². The molecule has 1 N–H and O–H groups in total. The average molecular weight is 272 g/mol. The first-order valence-electron chi connectivity index (χ1n) is 7.31. The molecule has 0 aromatic heterocycles. The van der Waals surface area contributed by atoms with Crippen molar-refractivity contribution in [2.45, 2.75) is 25.8 Å². The molecule has 2 rings (SSSR count). The van der Waals surface area contributed by atoms with Crippen molar-refractivity contribution >= 4 is 11.4 Å². The summed E-state index contributed by atoms with van der Waals surface area (Å²) in [5, 5.41) is 12.6. The van der Waals surface area contributed by atoms with Crippen LogP contribution in [0.3, 0.4) is 0 Å². The molecule has 0 radical (unpaired) electrons. The van der Waals surface area contributed by atoms with Crippen molar-refractivity contribution in [1.29, 1.82) is 5.26 Å². The van der Waals surface area contributed by atoms with E-state index in [9.17, 15) is 5.26 Å². The van der Waals surface area contributed by atoms with Gasteiger partial charge in [0.15, 0.2) is 0 Å². The Morgan fingerprint density at radius 3 is 2.65 bits per heavy atom. The van der Waals surface area contributed by atoms with Crippen LogP contribution >= 0.6 is 0 Å². The van der Waals surface area contributed by atoms with Crippen LogP contribution in [0.4, 0.5) is 11.4 Å². The van der Waals surface area contributed by atoms with E-state index < -0.39 is 5.54 Å². The summed E-state index contributed by atoms with van der Waals surface area (Å²) >= 11 is 0. The van der Waals surface area contributed by atoms with E-state index in [1.54, 1.807) is 0 Å². The van der Waals surface area contributed by atoms with E-state index in [-0.39, 0.29) is 0 Å². The van der Waals surface area contributed by atoms with Crippen molar-refractivity contribution in [2.75, 3.05) is 43.0 Å². The number of likely N-dealkylation sites (N-methyl/N-ethyl adjacent to an activating group) is 1.